The second-order valence-electron chi connectivity index (χ2n) is 6.01. The minimum absolute atomic E-state index is 0.0412. The van der Waals surface area contributed by atoms with Gasteiger partial charge in [-0.15, -0.1) is 0 Å². The van der Waals surface area contributed by atoms with Crippen LogP contribution in [-0.4, -0.2) is 34.3 Å². The summed E-state index contributed by atoms with van der Waals surface area (Å²) in [6, 6.07) is 10.9. The molecule has 3 rings (SSSR count). The maximum atomic E-state index is 12.9. The predicted molar refractivity (Wildman–Crippen MR) is 106 cm³/mol. The lowest BCUT2D eigenvalue weighted by Crippen LogP contribution is -2.21. The number of hydrogen-bond donors (Lipinski definition) is 1. The SMILES string of the molecule is COc1ccc(OC)c(C=C2C(=O)N(c3ccc(S(N)(=O)=O)cc3)N=C2C)c1. The number of anilines is 1. The number of carbonyl (C=O) groups is 1. The molecular formula is C19H19N3O5S. The summed E-state index contributed by atoms with van der Waals surface area (Å²) in [5, 5.41) is 10.6. The zero-order valence-corrected chi connectivity index (χ0v) is 16.4. The Kier molecular flexibility index (Phi) is 5.21. The molecule has 1 heterocycles. The molecule has 1 amide bonds. The lowest BCUT2D eigenvalue weighted by atomic mass is 10.1. The molecule has 9 heteroatoms. The van der Waals surface area contributed by atoms with Crippen LogP contribution in [-0.2, 0) is 14.8 Å². The first-order valence-electron chi connectivity index (χ1n) is 8.21. The predicted octanol–water partition coefficient (Wildman–Crippen LogP) is 2.16. The average Bonchev–Trinajstić information content (AvgIpc) is 2.95. The molecule has 0 spiro atoms. The Morgan fingerprint density at radius 3 is 2.32 bits per heavy atom. The van der Waals surface area contributed by atoms with Crippen molar-refractivity contribution in [3.8, 4) is 11.5 Å². The summed E-state index contributed by atoms with van der Waals surface area (Å²) in [7, 11) is -0.713. The molecule has 0 fully saturated rings. The third-order valence-electron chi connectivity index (χ3n) is 4.21. The van der Waals surface area contributed by atoms with Crippen LogP contribution in [0.25, 0.3) is 6.08 Å². The fourth-order valence-electron chi connectivity index (χ4n) is 2.74. The molecule has 0 aliphatic carbocycles. The van der Waals surface area contributed by atoms with Gasteiger partial charge in [0.05, 0.1) is 36.1 Å². The molecule has 146 valence electrons. The number of amides is 1. The standard InChI is InChI=1S/C19H19N3O5S/c1-12-17(11-13-10-15(26-2)6-9-18(13)27-3)19(23)22(21-12)14-4-7-16(8-5-14)28(20,24)25/h4-11H,1-3H3,(H2,20,24,25). The maximum absolute atomic E-state index is 12.9. The van der Waals surface area contributed by atoms with Crippen LogP contribution in [0.2, 0.25) is 0 Å². The topological polar surface area (TPSA) is 111 Å². The largest absolute Gasteiger partial charge is 0.497 e. The Bertz CT molecular complexity index is 1090. The van der Waals surface area contributed by atoms with E-state index >= 15 is 0 Å². The minimum Gasteiger partial charge on any atom is -0.497 e. The second kappa shape index (κ2) is 7.45. The van der Waals surface area contributed by atoms with Crippen LogP contribution in [0.4, 0.5) is 5.69 Å². The number of hydrazone groups is 1. The summed E-state index contributed by atoms with van der Waals surface area (Å²) in [5.41, 5.74) is 2.01. The van der Waals surface area contributed by atoms with Crippen molar-refractivity contribution >= 4 is 33.4 Å². The molecule has 2 N–H and O–H groups in total. The number of sulfonamides is 1. The van der Waals surface area contributed by atoms with Gasteiger partial charge in [-0.3, -0.25) is 4.79 Å². The van der Waals surface area contributed by atoms with Gasteiger partial charge in [0.2, 0.25) is 10.0 Å². The summed E-state index contributed by atoms with van der Waals surface area (Å²) in [6.07, 6.45) is 1.68. The smallest absolute Gasteiger partial charge is 0.280 e. The molecule has 0 bridgehead atoms. The van der Waals surface area contributed by atoms with Crippen molar-refractivity contribution in [1.29, 1.82) is 0 Å². The van der Waals surface area contributed by atoms with Crippen molar-refractivity contribution in [3.05, 3.63) is 53.6 Å². The van der Waals surface area contributed by atoms with E-state index in [1.54, 1.807) is 45.4 Å². The number of rotatable bonds is 5. The quantitative estimate of drug-likeness (QED) is 0.772. The van der Waals surface area contributed by atoms with Crippen LogP contribution in [0.3, 0.4) is 0 Å². The lowest BCUT2D eigenvalue weighted by molar-refractivity contribution is -0.114. The van der Waals surface area contributed by atoms with E-state index < -0.39 is 10.0 Å². The Morgan fingerprint density at radius 1 is 1.07 bits per heavy atom. The highest BCUT2D eigenvalue weighted by Crippen LogP contribution is 2.30. The molecule has 0 saturated heterocycles. The molecule has 0 atom stereocenters. The third-order valence-corrected chi connectivity index (χ3v) is 5.14. The number of primary sulfonamides is 1. The molecule has 1 aliphatic rings. The van der Waals surface area contributed by atoms with Crippen LogP contribution in [0, 0.1) is 0 Å². The highest BCUT2D eigenvalue weighted by Gasteiger charge is 2.29. The summed E-state index contributed by atoms with van der Waals surface area (Å²) < 4.78 is 33.4. The molecule has 2 aromatic rings. The zero-order valence-electron chi connectivity index (χ0n) is 15.5. The van der Waals surface area contributed by atoms with Crippen molar-refractivity contribution in [1.82, 2.24) is 0 Å². The Morgan fingerprint density at radius 2 is 1.75 bits per heavy atom. The van der Waals surface area contributed by atoms with E-state index in [2.05, 4.69) is 5.10 Å². The number of nitrogens with zero attached hydrogens (tertiary/aromatic N) is 2. The third kappa shape index (κ3) is 3.75. The molecule has 1 aliphatic heterocycles. The van der Waals surface area contributed by atoms with Crippen LogP contribution >= 0.6 is 0 Å². The van der Waals surface area contributed by atoms with Gasteiger partial charge in [0, 0.05) is 5.56 Å². The minimum atomic E-state index is -3.81. The molecule has 0 saturated carbocycles. The molecule has 0 aromatic heterocycles. The summed E-state index contributed by atoms with van der Waals surface area (Å²) in [4.78, 5) is 12.8. The number of nitrogens with two attached hydrogens (primary N) is 1. The maximum Gasteiger partial charge on any atom is 0.280 e. The van der Waals surface area contributed by atoms with Crippen molar-refractivity contribution in [3.63, 3.8) is 0 Å². The van der Waals surface area contributed by atoms with Gasteiger partial charge < -0.3 is 9.47 Å². The summed E-state index contributed by atoms with van der Waals surface area (Å²) >= 11 is 0. The van der Waals surface area contributed by atoms with Gasteiger partial charge in [-0.25, -0.2) is 13.6 Å². The highest BCUT2D eigenvalue weighted by molar-refractivity contribution is 7.89. The van der Waals surface area contributed by atoms with Crippen LogP contribution in [0.1, 0.15) is 12.5 Å². The van der Waals surface area contributed by atoms with Crippen molar-refractivity contribution in [2.45, 2.75) is 11.8 Å². The van der Waals surface area contributed by atoms with E-state index in [-0.39, 0.29) is 10.8 Å². The summed E-state index contributed by atoms with van der Waals surface area (Å²) in [5.74, 6) is 0.874. The van der Waals surface area contributed by atoms with Gasteiger partial charge in [0.25, 0.3) is 5.91 Å². The lowest BCUT2D eigenvalue weighted by Gasteiger charge is -2.12. The van der Waals surface area contributed by atoms with Gasteiger partial charge in [-0.1, -0.05) is 0 Å². The summed E-state index contributed by atoms with van der Waals surface area (Å²) in [6.45, 7) is 1.72. The van der Waals surface area contributed by atoms with Gasteiger partial charge >= 0.3 is 0 Å². The van der Waals surface area contributed by atoms with E-state index in [0.29, 0.717) is 34.0 Å². The van der Waals surface area contributed by atoms with E-state index in [4.69, 9.17) is 14.6 Å². The Hall–Kier alpha value is -3.17. The Labute approximate surface area is 162 Å². The first-order chi connectivity index (χ1) is 13.2. The van der Waals surface area contributed by atoms with Crippen LogP contribution in [0.15, 0.2) is 58.0 Å². The van der Waals surface area contributed by atoms with E-state index in [1.807, 2.05) is 0 Å². The van der Waals surface area contributed by atoms with E-state index in [9.17, 15) is 13.2 Å². The number of benzene rings is 2. The molecule has 8 nitrogen and oxygen atoms in total. The molecule has 0 radical (unpaired) electrons. The average molecular weight is 401 g/mol. The molecule has 28 heavy (non-hydrogen) atoms. The number of hydrogen-bond acceptors (Lipinski definition) is 6. The molecular weight excluding hydrogens is 382 g/mol. The van der Waals surface area contributed by atoms with Crippen LogP contribution in [0.5, 0.6) is 11.5 Å². The van der Waals surface area contributed by atoms with Gasteiger partial charge in [0.1, 0.15) is 11.5 Å². The number of ether oxygens (including phenoxy) is 2. The number of carbonyl (C=O) groups excluding carboxylic acids is 1. The van der Waals surface area contributed by atoms with Crippen molar-refractivity contribution < 1.29 is 22.7 Å². The van der Waals surface area contributed by atoms with Gasteiger partial charge in [0.15, 0.2) is 0 Å². The Balaban J connectivity index is 1.96. The monoisotopic (exact) mass is 401 g/mol. The molecule has 0 unspecified atom stereocenters. The van der Waals surface area contributed by atoms with E-state index in [0.717, 1.165) is 0 Å². The van der Waals surface area contributed by atoms with Crippen molar-refractivity contribution in [2.75, 3.05) is 19.2 Å². The normalized spacial score (nSPS) is 15.7. The van der Waals surface area contributed by atoms with Gasteiger partial charge in [-0.2, -0.15) is 10.1 Å². The highest BCUT2D eigenvalue weighted by atomic mass is 32.2. The van der Waals surface area contributed by atoms with E-state index in [1.165, 1.54) is 29.3 Å². The fourth-order valence-corrected chi connectivity index (χ4v) is 3.26. The zero-order chi connectivity index (χ0) is 20.5. The second-order valence-corrected chi connectivity index (χ2v) is 7.57. The fraction of sp³-hybridized carbons (Fsp3) is 0.158. The van der Waals surface area contributed by atoms with Crippen LogP contribution < -0.4 is 19.6 Å². The van der Waals surface area contributed by atoms with Gasteiger partial charge in [-0.05, 0) is 55.5 Å². The van der Waals surface area contributed by atoms with Crippen molar-refractivity contribution in [2.24, 2.45) is 10.2 Å². The molecule has 2 aromatic carbocycles. The number of methoxy groups -OCH3 is 2. The first kappa shape index (κ1) is 19.6. The first-order valence-corrected chi connectivity index (χ1v) is 9.76.